The molecule has 1 atom stereocenters. The number of carbonyl (C=O) groups excluding carboxylic acids is 1. The molecule has 120 valence electrons. The molecule has 4 heteroatoms. The molecule has 1 unspecified atom stereocenters. The molecule has 1 fully saturated rings. The van der Waals surface area contributed by atoms with Gasteiger partial charge in [0.15, 0.2) is 0 Å². The zero-order valence-electron chi connectivity index (χ0n) is 13.5. The first-order valence-corrected chi connectivity index (χ1v) is 8.23. The third kappa shape index (κ3) is 4.63. The molecule has 2 aromatic rings. The first-order chi connectivity index (χ1) is 11.2. The monoisotopic (exact) mass is 309 g/mol. The van der Waals surface area contributed by atoms with Crippen molar-refractivity contribution in [3.05, 3.63) is 54.4 Å². The molecule has 0 spiro atoms. The summed E-state index contributed by atoms with van der Waals surface area (Å²) in [5, 5.41) is 6.25. The van der Waals surface area contributed by atoms with Crippen LogP contribution in [-0.4, -0.2) is 24.0 Å². The molecule has 0 saturated heterocycles. The molecule has 1 heterocycles. The highest BCUT2D eigenvalue weighted by Crippen LogP contribution is 2.27. The van der Waals surface area contributed by atoms with Crippen molar-refractivity contribution in [3.8, 4) is 11.1 Å². The summed E-state index contributed by atoms with van der Waals surface area (Å²) in [4.78, 5) is 16.1. The Kier molecular flexibility index (Phi) is 5.03. The summed E-state index contributed by atoms with van der Waals surface area (Å²) < 4.78 is 0. The molecule has 23 heavy (non-hydrogen) atoms. The van der Waals surface area contributed by atoms with Crippen molar-refractivity contribution in [3.63, 3.8) is 0 Å². The third-order valence-corrected chi connectivity index (χ3v) is 4.20. The average molecular weight is 309 g/mol. The maximum absolute atomic E-state index is 11.9. The van der Waals surface area contributed by atoms with Crippen molar-refractivity contribution >= 4 is 5.91 Å². The van der Waals surface area contributed by atoms with Crippen molar-refractivity contribution in [2.75, 3.05) is 13.1 Å². The summed E-state index contributed by atoms with van der Waals surface area (Å²) in [6, 6.07) is 12.2. The second-order valence-corrected chi connectivity index (χ2v) is 6.23. The quantitative estimate of drug-likeness (QED) is 0.827. The predicted molar refractivity (Wildman–Crippen MR) is 91.8 cm³/mol. The van der Waals surface area contributed by atoms with E-state index < -0.39 is 0 Å². The molecule has 1 aromatic carbocycles. The lowest BCUT2D eigenvalue weighted by Crippen LogP contribution is -2.36. The van der Waals surface area contributed by atoms with Crippen LogP contribution in [0.4, 0.5) is 0 Å². The topological polar surface area (TPSA) is 54.0 Å². The van der Waals surface area contributed by atoms with Crippen LogP contribution < -0.4 is 10.6 Å². The Bertz CT molecular complexity index is 635. The van der Waals surface area contributed by atoms with Crippen LogP contribution in [-0.2, 0) is 4.79 Å². The van der Waals surface area contributed by atoms with Crippen molar-refractivity contribution < 1.29 is 4.79 Å². The number of nitrogens with one attached hydrogen (secondary N) is 2. The summed E-state index contributed by atoms with van der Waals surface area (Å²) >= 11 is 0. The zero-order valence-corrected chi connectivity index (χ0v) is 13.5. The van der Waals surface area contributed by atoms with Gasteiger partial charge in [0.2, 0.25) is 5.91 Å². The van der Waals surface area contributed by atoms with Crippen molar-refractivity contribution in [2.24, 2.45) is 5.92 Å². The van der Waals surface area contributed by atoms with Crippen LogP contribution >= 0.6 is 0 Å². The number of benzene rings is 1. The first-order valence-electron chi connectivity index (χ1n) is 8.23. The van der Waals surface area contributed by atoms with Gasteiger partial charge in [-0.25, -0.2) is 0 Å². The number of hydrogen-bond acceptors (Lipinski definition) is 3. The van der Waals surface area contributed by atoms with Gasteiger partial charge < -0.3 is 10.6 Å². The molecule has 0 bridgehead atoms. The molecule has 1 amide bonds. The number of carbonyl (C=O) groups is 1. The third-order valence-electron chi connectivity index (χ3n) is 4.20. The minimum absolute atomic E-state index is 0.00757. The van der Waals surface area contributed by atoms with Gasteiger partial charge in [0.05, 0.1) is 12.6 Å². The van der Waals surface area contributed by atoms with Crippen LogP contribution in [0.25, 0.3) is 11.1 Å². The fourth-order valence-corrected chi connectivity index (χ4v) is 2.59. The van der Waals surface area contributed by atoms with E-state index >= 15 is 0 Å². The fraction of sp³-hybridized carbons (Fsp3) is 0.368. The first kappa shape index (κ1) is 15.7. The Morgan fingerprint density at radius 2 is 2.00 bits per heavy atom. The van der Waals surface area contributed by atoms with E-state index in [9.17, 15) is 4.79 Å². The van der Waals surface area contributed by atoms with E-state index in [1.807, 2.05) is 25.3 Å². The second kappa shape index (κ2) is 7.38. The van der Waals surface area contributed by atoms with Gasteiger partial charge in [-0.3, -0.25) is 9.78 Å². The largest absolute Gasteiger partial charge is 0.348 e. The van der Waals surface area contributed by atoms with E-state index in [0.717, 1.165) is 29.2 Å². The highest BCUT2D eigenvalue weighted by atomic mass is 16.1. The van der Waals surface area contributed by atoms with Gasteiger partial charge in [-0.15, -0.1) is 0 Å². The van der Waals surface area contributed by atoms with Gasteiger partial charge in [-0.05, 0) is 55.0 Å². The van der Waals surface area contributed by atoms with E-state index in [2.05, 4.69) is 39.9 Å². The van der Waals surface area contributed by atoms with Crippen LogP contribution in [0.1, 0.15) is 31.4 Å². The van der Waals surface area contributed by atoms with Gasteiger partial charge in [0, 0.05) is 12.4 Å². The number of amides is 1. The van der Waals surface area contributed by atoms with E-state index in [0.29, 0.717) is 6.54 Å². The maximum atomic E-state index is 11.9. The molecular formula is C19H23N3O. The molecule has 3 rings (SSSR count). The number of rotatable bonds is 7. The predicted octanol–water partition coefficient (Wildman–Crippen LogP) is 2.93. The Morgan fingerprint density at radius 3 is 2.65 bits per heavy atom. The molecular weight excluding hydrogens is 286 g/mol. The Balaban J connectivity index is 1.52. The summed E-state index contributed by atoms with van der Waals surface area (Å²) in [6.45, 7) is 3.37. The molecule has 1 aliphatic carbocycles. The van der Waals surface area contributed by atoms with E-state index in [-0.39, 0.29) is 11.9 Å². The normalized spacial score (nSPS) is 15.2. The molecule has 0 radical (unpaired) electrons. The molecule has 1 aliphatic rings. The second-order valence-electron chi connectivity index (χ2n) is 6.23. The van der Waals surface area contributed by atoms with E-state index in [1.54, 1.807) is 6.20 Å². The van der Waals surface area contributed by atoms with Crippen LogP contribution in [0, 0.1) is 5.92 Å². The summed E-state index contributed by atoms with van der Waals surface area (Å²) in [5.74, 6) is 0.842. The molecule has 2 N–H and O–H groups in total. The Labute approximate surface area is 137 Å². The molecule has 4 nitrogen and oxygen atoms in total. The van der Waals surface area contributed by atoms with E-state index in [4.69, 9.17) is 0 Å². The number of aromatic nitrogens is 1. The lowest BCUT2D eigenvalue weighted by Gasteiger charge is -2.15. The van der Waals surface area contributed by atoms with E-state index in [1.165, 1.54) is 12.8 Å². The molecule has 0 aliphatic heterocycles. The van der Waals surface area contributed by atoms with Crippen molar-refractivity contribution in [2.45, 2.75) is 25.8 Å². The Hall–Kier alpha value is -2.20. The van der Waals surface area contributed by atoms with Gasteiger partial charge in [0.25, 0.3) is 0 Å². The average Bonchev–Trinajstić information content (AvgIpc) is 3.40. The minimum Gasteiger partial charge on any atom is -0.348 e. The molecule has 1 saturated carbocycles. The van der Waals surface area contributed by atoms with Crippen molar-refractivity contribution in [1.82, 2.24) is 15.6 Å². The minimum atomic E-state index is 0.00757. The lowest BCUT2D eigenvalue weighted by molar-refractivity contribution is -0.120. The van der Waals surface area contributed by atoms with Crippen LogP contribution in [0.2, 0.25) is 0 Å². The number of nitrogens with zero attached hydrogens (tertiary/aromatic N) is 1. The maximum Gasteiger partial charge on any atom is 0.234 e. The highest BCUT2D eigenvalue weighted by Gasteiger charge is 2.20. The van der Waals surface area contributed by atoms with Gasteiger partial charge in [0.1, 0.15) is 0 Å². The summed E-state index contributed by atoms with van der Waals surface area (Å²) in [6.07, 6.45) is 6.22. The number of hydrogen-bond donors (Lipinski definition) is 2. The lowest BCUT2D eigenvalue weighted by atomic mass is 10.0. The Morgan fingerprint density at radius 1 is 1.22 bits per heavy atom. The standard InChI is InChI=1S/C19H23N3O/c1-14(22-19(23)13-21-11-15-4-5-15)16-6-8-17(9-7-16)18-3-2-10-20-12-18/h2-3,6-10,12,14-15,21H,4-5,11,13H2,1H3,(H,22,23). The van der Waals surface area contributed by atoms with Gasteiger partial charge >= 0.3 is 0 Å². The van der Waals surface area contributed by atoms with Gasteiger partial charge in [-0.2, -0.15) is 0 Å². The smallest absolute Gasteiger partial charge is 0.234 e. The zero-order chi connectivity index (χ0) is 16.1. The van der Waals surface area contributed by atoms with Gasteiger partial charge in [-0.1, -0.05) is 30.3 Å². The highest BCUT2D eigenvalue weighted by molar-refractivity contribution is 5.78. The van der Waals surface area contributed by atoms with Crippen LogP contribution in [0.3, 0.4) is 0 Å². The fourth-order valence-electron chi connectivity index (χ4n) is 2.59. The number of pyridine rings is 1. The molecule has 1 aromatic heterocycles. The van der Waals surface area contributed by atoms with Crippen molar-refractivity contribution in [1.29, 1.82) is 0 Å². The van der Waals surface area contributed by atoms with Crippen LogP contribution in [0.15, 0.2) is 48.8 Å². The van der Waals surface area contributed by atoms with Crippen LogP contribution in [0.5, 0.6) is 0 Å². The summed E-state index contributed by atoms with van der Waals surface area (Å²) in [7, 11) is 0. The summed E-state index contributed by atoms with van der Waals surface area (Å²) in [5.41, 5.74) is 3.33. The SMILES string of the molecule is CC(NC(=O)CNCC1CC1)c1ccc(-c2cccnc2)cc1.